The molecule has 1 heterocycles. The molecule has 0 aliphatic heterocycles. The number of rotatable bonds is 13. The van der Waals surface area contributed by atoms with E-state index in [0.717, 1.165) is 11.1 Å². The summed E-state index contributed by atoms with van der Waals surface area (Å²) in [6.07, 6.45) is 0. The first-order valence-corrected chi connectivity index (χ1v) is 15.0. The molecular formula is C33H31O10P. The third kappa shape index (κ3) is 6.73. The van der Waals surface area contributed by atoms with E-state index in [1.807, 2.05) is 60.7 Å². The Balaban J connectivity index is 1.57. The van der Waals surface area contributed by atoms with Gasteiger partial charge in [0.05, 0.1) is 41.7 Å². The highest BCUT2D eigenvalue weighted by atomic mass is 31.2. The number of benzene rings is 4. The molecule has 0 spiro atoms. The van der Waals surface area contributed by atoms with Crippen molar-refractivity contribution >= 4 is 18.8 Å². The van der Waals surface area contributed by atoms with Crippen LogP contribution in [0.15, 0.2) is 100 Å². The Hall–Kier alpha value is -4.76. The minimum atomic E-state index is -4.23. The van der Waals surface area contributed by atoms with Crippen LogP contribution in [0.2, 0.25) is 0 Å². The van der Waals surface area contributed by atoms with Gasteiger partial charge in [-0.05, 0) is 34.9 Å². The minimum Gasteiger partial charge on any atom is -0.493 e. The fraction of sp³-hybridized carbons (Fsp3) is 0.182. The first kappa shape index (κ1) is 30.7. The summed E-state index contributed by atoms with van der Waals surface area (Å²) in [5.74, 6) is 1.17. The normalized spacial score (nSPS) is 11.3. The van der Waals surface area contributed by atoms with Crippen LogP contribution in [-0.2, 0) is 26.8 Å². The number of phosphoric ester groups is 1. The van der Waals surface area contributed by atoms with Gasteiger partial charge in [-0.25, -0.2) is 9.36 Å². The zero-order valence-electron chi connectivity index (χ0n) is 24.6. The molecule has 0 saturated carbocycles. The Morgan fingerprint density at radius 3 is 1.77 bits per heavy atom. The minimum absolute atomic E-state index is 0.0271. The van der Waals surface area contributed by atoms with Crippen molar-refractivity contribution in [2.45, 2.75) is 13.2 Å². The van der Waals surface area contributed by atoms with Crippen LogP contribution in [0.3, 0.4) is 0 Å². The van der Waals surface area contributed by atoms with Gasteiger partial charge in [-0.15, -0.1) is 0 Å². The monoisotopic (exact) mass is 618 g/mol. The van der Waals surface area contributed by atoms with Gasteiger partial charge in [0, 0.05) is 17.0 Å². The number of fused-ring (bicyclic) bond motifs is 1. The van der Waals surface area contributed by atoms with E-state index < -0.39 is 13.4 Å². The Morgan fingerprint density at radius 1 is 0.636 bits per heavy atom. The third-order valence-corrected chi connectivity index (χ3v) is 8.00. The maximum atomic E-state index is 14.1. The Labute approximate surface area is 254 Å². The van der Waals surface area contributed by atoms with Crippen molar-refractivity contribution in [1.29, 1.82) is 0 Å². The molecule has 10 nitrogen and oxygen atoms in total. The summed E-state index contributed by atoms with van der Waals surface area (Å²) in [6, 6.07) is 26.4. The van der Waals surface area contributed by atoms with E-state index in [-0.39, 0.29) is 41.8 Å². The molecule has 5 rings (SSSR count). The van der Waals surface area contributed by atoms with Crippen molar-refractivity contribution in [1.82, 2.24) is 0 Å². The molecule has 5 aromatic rings. The molecule has 0 bridgehead atoms. The van der Waals surface area contributed by atoms with E-state index in [0.29, 0.717) is 22.3 Å². The second-order valence-corrected chi connectivity index (χ2v) is 11.0. The molecule has 0 N–H and O–H groups in total. The molecule has 4 aromatic carbocycles. The summed E-state index contributed by atoms with van der Waals surface area (Å²) in [4.78, 5) is 12.7. The van der Waals surface area contributed by atoms with Crippen molar-refractivity contribution in [3.63, 3.8) is 0 Å². The number of methoxy groups -OCH3 is 4. The number of hydrogen-bond acceptors (Lipinski definition) is 10. The first-order chi connectivity index (χ1) is 21.4. The van der Waals surface area contributed by atoms with Gasteiger partial charge in [-0.2, -0.15) is 0 Å². The van der Waals surface area contributed by atoms with Crippen LogP contribution in [0.25, 0.3) is 22.1 Å². The zero-order chi connectivity index (χ0) is 31.1. The molecule has 0 amide bonds. The molecule has 0 saturated heterocycles. The van der Waals surface area contributed by atoms with E-state index >= 15 is 0 Å². The van der Waals surface area contributed by atoms with Crippen LogP contribution in [0, 0.1) is 0 Å². The lowest BCUT2D eigenvalue weighted by Crippen LogP contribution is -2.05. The van der Waals surface area contributed by atoms with E-state index in [2.05, 4.69) is 0 Å². The molecule has 0 aliphatic rings. The average molecular weight is 619 g/mol. The van der Waals surface area contributed by atoms with Crippen molar-refractivity contribution in [2.24, 2.45) is 0 Å². The van der Waals surface area contributed by atoms with Crippen LogP contribution >= 0.6 is 7.82 Å². The van der Waals surface area contributed by atoms with Crippen LogP contribution in [0.1, 0.15) is 11.1 Å². The summed E-state index contributed by atoms with van der Waals surface area (Å²) in [7, 11) is 1.60. The van der Waals surface area contributed by atoms with Gasteiger partial charge in [0.25, 0.3) is 0 Å². The van der Waals surface area contributed by atoms with E-state index in [1.165, 1.54) is 34.5 Å². The van der Waals surface area contributed by atoms with Crippen LogP contribution in [-0.4, -0.2) is 28.4 Å². The van der Waals surface area contributed by atoms with Gasteiger partial charge in [0.15, 0.2) is 22.8 Å². The first-order valence-electron chi connectivity index (χ1n) is 13.5. The predicted molar refractivity (Wildman–Crippen MR) is 165 cm³/mol. The molecule has 11 heteroatoms. The molecule has 228 valence electrons. The number of hydrogen-bond donors (Lipinski definition) is 0. The van der Waals surface area contributed by atoms with Crippen molar-refractivity contribution in [3.8, 4) is 39.9 Å². The van der Waals surface area contributed by atoms with E-state index in [1.54, 1.807) is 24.3 Å². The van der Waals surface area contributed by atoms with Crippen molar-refractivity contribution in [3.05, 3.63) is 113 Å². The summed E-state index contributed by atoms with van der Waals surface area (Å²) < 4.78 is 59.3. The molecule has 1 aromatic heterocycles. The fourth-order valence-corrected chi connectivity index (χ4v) is 5.76. The second-order valence-electron chi connectivity index (χ2n) is 9.42. The maximum Gasteiger partial charge on any atom is 0.530 e. The average Bonchev–Trinajstić information content (AvgIpc) is 3.06. The molecule has 0 unspecified atom stereocenters. The lowest BCUT2D eigenvalue weighted by molar-refractivity contribution is 0.142. The van der Waals surface area contributed by atoms with Crippen LogP contribution in [0.4, 0.5) is 0 Å². The Kier molecular flexibility index (Phi) is 9.55. The molecule has 0 fully saturated rings. The summed E-state index contributed by atoms with van der Waals surface area (Å²) in [5.41, 5.74) is 2.08. The standard InChI is InChI=1S/C33H31O10P/c1-36-27-16-15-24(25-19-30(34)42-31-26(25)18-29(37-2)32(38-3)33(31)39-4)17-28(27)43-44(35,40-20-22-11-7-5-8-12-22)41-21-23-13-9-6-10-14-23/h5-19H,20-21H2,1-4H3. The SMILES string of the molecule is COc1ccc(-c2cc(=O)oc3c(OC)c(OC)c(OC)cc23)cc1OP(=O)(OCc1ccccc1)OCc1ccccc1. The van der Waals surface area contributed by atoms with Gasteiger partial charge in [0.1, 0.15) is 0 Å². The number of phosphoric acid groups is 1. The molecule has 0 atom stereocenters. The van der Waals surface area contributed by atoms with Gasteiger partial charge < -0.3 is 27.9 Å². The summed E-state index contributed by atoms with van der Waals surface area (Å²) in [6.45, 7) is -0.0542. The quantitative estimate of drug-likeness (QED) is 0.0976. The Morgan fingerprint density at radius 2 is 1.23 bits per heavy atom. The highest BCUT2D eigenvalue weighted by Crippen LogP contribution is 2.54. The van der Waals surface area contributed by atoms with Crippen molar-refractivity contribution < 1.29 is 41.5 Å². The van der Waals surface area contributed by atoms with Gasteiger partial charge in [-0.1, -0.05) is 66.7 Å². The second kappa shape index (κ2) is 13.7. The largest absolute Gasteiger partial charge is 0.530 e. The lowest BCUT2D eigenvalue weighted by atomic mass is 10.0. The van der Waals surface area contributed by atoms with Crippen LogP contribution < -0.4 is 29.1 Å². The highest BCUT2D eigenvalue weighted by molar-refractivity contribution is 7.48. The fourth-order valence-electron chi connectivity index (χ4n) is 4.58. The molecule has 0 radical (unpaired) electrons. The predicted octanol–water partition coefficient (Wildman–Crippen LogP) is 7.41. The van der Waals surface area contributed by atoms with Gasteiger partial charge in [0.2, 0.25) is 11.5 Å². The number of ether oxygens (including phenoxy) is 4. The Bertz CT molecular complexity index is 1790. The van der Waals surface area contributed by atoms with Crippen LogP contribution in [0.5, 0.6) is 28.7 Å². The lowest BCUT2D eigenvalue weighted by Gasteiger charge is -2.21. The van der Waals surface area contributed by atoms with Gasteiger partial charge >= 0.3 is 13.4 Å². The third-order valence-electron chi connectivity index (χ3n) is 6.69. The van der Waals surface area contributed by atoms with Gasteiger partial charge in [-0.3, -0.25) is 9.05 Å². The van der Waals surface area contributed by atoms with Crippen molar-refractivity contribution in [2.75, 3.05) is 28.4 Å². The summed E-state index contributed by atoms with van der Waals surface area (Å²) in [5, 5.41) is 0.499. The molecular weight excluding hydrogens is 587 g/mol. The molecule has 44 heavy (non-hydrogen) atoms. The molecule has 0 aliphatic carbocycles. The smallest absolute Gasteiger partial charge is 0.493 e. The maximum absolute atomic E-state index is 14.1. The van der Waals surface area contributed by atoms with E-state index in [4.69, 9.17) is 36.9 Å². The topological polar surface area (TPSA) is 112 Å². The summed E-state index contributed by atoms with van der Waals surface area (Å²) >= 11 is 0. The zero-order valence-corrected chi connectivity index (χ0v) is 25.5. The van der Waals surface area contributed by atoms with E-state index in [9.17, 15) is 9.36 Å². The highest BCUT2D eigenvalue weighted by Gasteiger charge is 2.31.